The summed E-state index contributed by atoms with van der Waals surface area (Å²) in [5.41, 5.74) is 0. The van der Waals surface area contributed by atoms with Crippen LogP contribution < -0.4 is 0 Å². The number of carbonyl (C=O) groups excluding carboxylic acids is 1. The number of hydrogen-bond acceptors (Lipinski definition) is 3. The minimum atomic E-state index is -0.892. The van der Waals surface area contributed by atoms with Crippen LogP contribution in [0.3, 0.4) is 0 Å². The summed E-state index contributed by atoms with van der Waals surface area (Å²) < 4.78 is 5.81. The SMILES string of the molecule is CCCCCCCCCCCCCC(CCCC)OC(=O)C1C=CCCC1C(=O)O. The number of hydrogen-bond donors (Lipinski definition) is 1. The van der Waals surface area contributed by atoms with E-state index in [0.717, 1.165) is 38.5 Å². The van der Waals surface area contributed by atoms with E-state index in [4.69, 9.17) is 4.74 Å². The highest BCUT2D eigenvalue weighted by Gasteiger charge is 2.35. The van der Waals surface area contributed by atoms with E-state index in [1.807, 2.05) is 6.08 Å². The summed E-state index contributed by atoms with van der Waals surface area (Å²) >= 11 is 0. The van der Waals surface area contributed by atoms with E-state index in [2.05, 4.69) is 13.8 Å². The Morgan fingerprint density at radius 1 is 0.867 bits per heavy atom. The molecular formula is C26H46O4. The topological polar surface area (TPSA) is 63.6 Å². The lowest BCUT2D eigenvalue weighted by molar-refractivity contribution is -0.160. The van der Waals surface area contributed by atoms with Crippen molar-refractivity contribution in [2.75, 3.05) is 0 Å². The quantitative estimate of drug-likeness (QED) is 0.141. The molecule has 0 saturated carbocycles. The Hall–Kier alpha value is -1.32. The Morgan fingerprint density at radius 2 is 1.40 bits per heavy atom. The van der Waals surface area contributed by atoms with Crippen LogP contribution in [0, 0.1) is 11.8 Å². The average Bonchev–Trinajstić information content (AvgIpc) is 2.75. The predicted octanol–water partition coefficient (Wildman–Crippen LogP) is 7.46. The first-order chi connectivity index (χ1) is 14.6. The lowest BCUT2D eigenvalue weighted by atomic mass is 9.84. The monoisotopic (exact) mass is 422 g/mol. The van der Waals surface area contributed by atoms with Gasteiger partial charge in [-0.05, 0) is 32.1 Å². The summed E-state index contributed by atoms with van der Waals surface area (Å²) in [7, 11) is 0. The number of carbonyl (C=O) groups is 2. The smallest absolute Gasteiger partial charge is 0.313 e. The fraction of sp³-hybridized carbons (Fsp3) is 0.846. The lowest BCUT2D eigenvalue weighted by Gasteiger charge is -2.25. The Labute approximate surface area is 184 Å². The van der Waals surface area contributed by atoms with E-state index >= 15 is 0 Å². The number of carboxylic acids is 1. The number of unbranched alkanes of at least 4 members (excludes halogenated alkanes) is 11. The van der Waals surface area contributed by atoms with E-state index in [9.17, 15) is 14.7 Å². The van der Waals surface area contributed by atoms with Crippen molar-refractivity contribution in [1.29, 1.82) is 0 Å². The first kappa shape index (κ1) is 26.7. The third-order valence-electron chi connectivity index (χ3n) is 6.30. The van der Waals surface area contributed by atoms with Gasteiger partial charge in [0.2, 0.25) is 0 Å². The van der Waals surface area contributed by atoms with Crippen LogP contribution >= 0.6 is 0 Å². The minimum Gasteiger partial charge on any atom is -0.481 e. The molecule has 0 aromatic carbocycles. The third-order valence-corrected chi connectivity index (χ3v) is 6.30. The summed E-state index contributed by atoms with van der Waals surface area (Å²) in [5.74, 6) is -2.51. The van der Waals surface area contributed by atoms with E-state index < -0.39 is 17.8 Å². The van der Waals surface area contributed by atoms with Gasteiger partial charge in [0.05, 0.1) is 11.8 Å². The summed E-state index contributed by atoms with van der Waals surface area (Å²) in [6.45, 7) is 4.40. The Balaban J connectivity index is 2.26. The van der Waals surface area contributed by atoms with E-state index in [1.165, 1.54) is 64.2 Å². The van der Waals surface area contributed by atoms with Crippen molar-refractivity contribution in [1.82, 2.24) is 0 Å². The molecule has 4 heteroatoms. The molecule has 0 saturated heterocycles. The fourth-order valence-corrected chi connectivity index (χ4v) is 4.33. The van der Waals surface area contributed by atoms with Crippen LogP contribution in [0.4, 0.5) is 0 Å². The van der Waals surface area contributed by atoms with Crippen molar-refractivity contribution in [2.24, 2.45) is 11.8 Å². The van der Waals surface area contributed by atoms with Crippen molar-refractivity contribution in [3.63, 3.8) is 0 Å². The molecule has 1 rings (SSSR count). The zero-order valence-electron chi connectivity index (χ0n) is 19.6. The molecule has 30 heavy (non-hydrogen) atoms. The van der Waals surface area contributed by atoms with Crippen LogP contribution in [0.15, 0.2) is 12.2 Å². The number of esters is 1. The summed E-state index contributed by atoms with van der Waals surface area (Å²) in [6, 6.07) is 0. The summed E-state index contributed by atoms with van der Waals surface area (Å²) in [5, 5.41) is 9.41. The summed E-state index contributed by atoms with van der Waals surface area (Å²) in [4.78, 5) is 24.1. The van der Waals surface area contributed by atoms with E-state index in [-0.39, 0.29) is 12.1 Å². The maximum Gasteiger partial charge on any atom is 0.313 e. The van der Waals surface area contributed by atoms with E-state index in [0.29, 0.717) is 6.42 Å². The second kappa shape index (κ2) is 17.4. The van der Waals surface area contributed by atoms with Gasteiger partial charge >= 0.3 is 11.9 Å². The Kier molecular flexibility index (Phi) is 15.5. The number of carboxylic acid groups (broad SMARTS) is 1. The number of ether oxygens (including phenoxy) is 1. The van der Waals surface area contributed by atoms with Gasteiger partial charge in [0.25, 0.3) is 0 Å². The number of rotatable bonds is 18. The molecule has 1 N–H and O–H groups in total. The van der Waals surface area contributed by atoms with Crippen molar-refractivity contribution in [3.05, 3.63) is 12.2 Å². The molecule has 0 radical (unpaired) electrons. The number of allylic oxidation sites excluding steroid dienone is 1. The van der Waals surface area contributed by atoms with Gasteiger partial charge in [-0.25, -0.2) is 0 Å². The van der Waals surface area contributed by atoms with Gasteiger partial charge in [0, 0.05) is 0 Å². The van der Waals surface area contributed by atoms with Crippen molar-refractivity contribution < 1.29 is 19.4 Å². The van der Waals surface area contributed by atoms with Crippen LogP contribution in [-0.2, 0) is 14.3 Å². The largest absolute Gasteiger partial charge is 0.481 e. The normalized spacial score (nSPS) is 19.5. The van der Waals surface area contributed by atoms with Gasteiger partial charge in [0.1, 0.15) is 6.10 Å². The highest BCUT2D eigenvalue weighted by molar-refractivity contribution is 5.83. The molecule has 0 heterocycles. The fourth-order valence-electron chi connectivity index (χ4n) is 4.33. The minimum absolute atomic E-state index is 0.0687. The zero-order valence-corrected chi connectivity index (χ0v) is 19.6. The van der Waals surface area contributed by atoms with Crippen molar-refractivity contribution >= 4 is 11.9 Å². The lowest BCUT2D eigenvalue weighted by Crippen LogP contribution is -2.33. The molecule has 0 spiro atoms. The maximum atomic E-state index is 12.7. The van der Waals surface area contributed by atoms with Gasteiger partial charge in [-0.15, -0.1) is 0 Å². The predicted molar refractivity (Wildman–Crippen MR) is 123 cm³/mol. The molecule has 0 amide bonds. The second-order valence-corrected chi connectivity index (χ2v) is 9.00. The molecule has 0 aromatic heterocycles. The average molecular weight is 423 g/mol. The Morgan fingerprint density at radius 3 is 1.97 bits per heavy atom. The molecule has 0 aliphatic heterocycles. The van der Waals surface area contributed by atoms with Gasteiger partial charge < -0.3 is 9.84 Å². The summed E-state index contributed by atoms with van der Waals surface area (Å²) in [6.07, 6.45) is 23.1. The van der Waals surface area contributed by atoms with Gasteiger partial charge in [-0.1, -0.05) is 103 Å². The highest BCUT2D eigenvalue weighted by atomic mass is 16.5. The molecular weight excluding hydrogens is 376 g/mol. The highest BCUT2D eigenvalue weighted by Crippen LogP contribution is 2.27. The van der Waals surface area contributed by atoms with Crippen LogP contribution in [0.1, 0.15) is 123 Å². The van der Waals surface area contributed by atoms with Gasteiger partial charge in [-0.3, -0.25) is 9.59 Å². The molecule has 0 bridgehead atoms. The van der Waals surface area contributed by atoms with Crippen LogP contribution in [0.5, 0.6) is 0 Å². The van der Waals surface area contributed by atoms with E-state index in [1.54, 1.807) is 6.08 Å². The molecule has 174 valence electrons. The van der Waals surface area contributed by atoms with Crippen molar-refractivity contribution in [2.45, 2.75) is 129 Å². The molecule has 0 aromatic rings. The molecule has 0 fully saturated rings. The molecule has 4 nitrogen and oxygen atoms in total. The third kappa shape index (κ3) is 11.8. The van der Waals surface area contributed by atoms with Crippen LogP contribution in [-0.4, -0.2) is 23.1 Å². The number of aliphatic carboxylic acids is 1. The Bertz CT molecular complexity index is 485. The zero-order chi connectivity index (χ0) is 22.0. The second-order valence-electron chi connectivity index (χ2n) is 9.00. The molecule has 1 aliphatic carbocycles. The molecule has 1 aliphatic rings. The molecule has 3 unspecified atom stereocenters. The van der Waals surface area contributed by atoms with Gasteiger partial charge in [0.15, 0.2) is 0 Å². The first-order valence-corrected chi connectivity index (χ1v) is 12.7. The standard InChI is InChI=1S/C26H46O4/c1-3-5-7-8-9-10-11-12-13-14-15-19-22(18-6-4-2)30-26(29)24-21-17-16-20-23(24)25(27)28/h17,21-24H,3-16,18-20H2,1-2H3,(H,27,28). The van der Waals surface area contributed by atoms with Crippen LogP contribution in [0.25, 0.3) is 0 Å². The maximum absolute atomic E-state index is 12.7. The van der Waals surface area contributed by atoms with Crippen molar-refractivity contribution in [3.8, 4) is 0 Å². The first-order valence-electron chi connectivity index (χ1n) is 12.7. The molecule has 3 atom stereocenters. The van der Waals surface area contributed by atoms with Gasteiger partial charge in [-0.2, -0.15) is 0 Å². The van der Waals surface area contributed by atoms with Crippen LogP contribution in [0.2, 0.25) is 0 Å².